The first kappa shape index (κ1) is 19.7. The molecule has 1 heterocycles. The lowest BCUT2D eigenvalue weighted by molar-refractivity contribution is -0.110. The van der Waals surface area contributed by atoms with Gasteiger partial charge in [0.15, 0.2) is 11.5 Å². The molecule has 0 atom stereocenters. The zero-order chi connectivity index (χ0) is 20.5. The number of sulfonamides is 1. The van der Waals surface area contributed by atoms with Crippen molar-refractivity contribution in [2.45, 2.75) is 4.90 Å². The molecule has 0 saturated heterocycles. The number of amides is 1. The molecule has 0 radical (unpaired) electrons. The second-order valence-corrected chi connectivity index (χ2v) is 7.77. The zero-order valence-electron chi connectivity index (χ0n) is 15.8. The molecule has 0 spiro atoms. The van der Waals surface area contributed by atoms with Crippen molar-refractivity contribution in [3.8, 4) is 17.2 Å². The Balaban J connectivity index is 2.15. The van der Waals surface area contributed by atoms with Crippen LogP contribution in [0.5, 0.6) is 17.2 Å². The van der Waals surface area contributed by atoms with Gasteiger partial charge < -0.3 is 19.5 Å². The van der Waals surface area contributed by atoms with Crippen LogP contribution in [0.3, 0.4) is 0 Å². The molecule has 1 aliphatic heterocycles. The van der Waals surface area contributed by atoms with Crippen LogP contribution in [0.1, 0.15) is 11.1 Å². The van der Waals surface area contributed by atoms with E-state index in [4.69, 9.17) is 14.2 Å². The van der Waals surface area contributed by atoms with E-state index in [0.717, 1.165) is 0 Å². The number of fused-ring (bicyclic) bond motifs is 1. The van der Waals surface area contributed by atoms with Crippen LogP contribution in [0.4, 0.5) is 5.69 Å². The van der Waals surface area contributed by atoms with Crippen molar-refractivity contribution in [1.82, 2.24) is 4.72 Å². The number of anilines is 1. The third-order valence-electron chi connectivity index (χ3n) is 4.35. The number of benzene rings is 2. The summed E-state index contributed by atoms with van der Waals surface area (Å²) in [5.74, 6) is 0.992. The topological polar surface area (TPSA) is 103 Å². The Kier molecular flexibility index (Phi) is 5.30. The minimum atomic E-state index is -3.64. The summed E-state index contributed by atoms with van der Waals surface area (Å²) in [4.78, 5) is 12.5. The predicted octanol–water partition coefficient (Wildman–Crippen LogP) is 2.11. The van der Waals surface area contributed by atoms with Gasteiger partial charge in [-0.1, -0.05) is 0 Å². The average Bonchev–Trinajstić information content (AvgIpc) is 3.01. The minimum Gasteiger partial charge on any atom is -0.493 e. The number of rotatable bonds is 6. The minimum absolute atomic E-state index is 0.0704. The fourth-order valence-electron chi connectivity index (χ4n) is 2.95. The molecule has 2 aromatic rings. The number of hydrogen-bond acceptors (Lipinski definition) is 6. The smallest absolute Gasteiger partial charge is 0.256 e. The fraction of sp³-hybridized carbons (Fsp3) is 0.211. The Morgan fingerprint density at radius 1 is 1.00 bits per heavy atom. The predicted molar refractivity (Wildman–Crippen MR) is 105 cm³/mol. The lowest BCUT2D eigenvalue weighted by Gasteiger charge is -2.13. The Morgan fingerprint density at radius 3 is 2.18 bits per heavy atom. The van der Waals surface area contributed by atoms with E-state index in [9.17, 15) is 13.2 Å². The van der Waals surface area contributed by atoms with Gasteiger partial charge in [-0.25, -0.2) is 13.1 Å². The van der Waals surface area contributed by atoms with Crippen molar-refractivity contribution < 1.29 is 27.4 Å². The standard InChI is InChI=1S/C19H20N2O6S/c1-20-28(23,24)12-5-6-15-13(10-12)14(19(22)21-15)7-11-8-16(25-2)18(27-4)17(9-11)26-3/h5-10,20H,1-4H3,(H,21,22). The number of hydrogen-bond donors (Lipinski definition) is 2. The maximum atomic E-state index is 12.5. The van der Waals surface area contributed by atoms with Gasteiger partial charge in [0.2, 0.25) is 15.8 Å². The maximum absolute atomic E-state index is 12.5. The highest BCUT2D eigenvalue weighted by atomic mass is 32.2. The normalized spacial score (nSPS) is 14.6. The molecule has 1 amide bonds. The molecule has 0 saturated carbocycles. The SMILES string of the molecule is CNS(=O)(=O)c1ccc2c(c1)C(=Cc1cc(OC)c(OC)c(OC)c1)C(=O)N2. The molecule has 0 bridgehead atoms. The quantitative estimate of drug-likeness (QED) is 0.715. The number of nitrogens with one attached hydrogen (secondary N) is 2. The van der Waals surface area contributed by atoms with Crippen LogP contribution in [-0.4, -0.2) is 42.7 Å². The summed E-state index contributed by atoms with van der Waals surface area (Å²) in [5.41, 5.74) is 2.00. The molecule has 0 aliphatic carbocycles. The summed E-state index contributed by atoms with van der Waals surface area (Å²) in [6.45, 7) is 0. The van der Waals surface area contributed by atoms with Gasteiger partial charge in [-0.3, -0.25) is 4.79 Å². The number of methoxy groups -OCH3 is 3. The molecule has 8 nitrogen and oxygen atoms in total. The van der Waals surface area contributed by atoms with E-state index in [-0.39, 0.29) is 10.8 Å². The summed E-state index contributed by atoms with van der Waals surface area (Å²) in [6.07, 6.45) is 1.64. The molecule has 28 heavy (non-hydrogen) atoms. The molecular formula is C19H20N2O6S. The van der Waals surface area contributed by atoms with Crippen LogP contribution < -0.4 is 24.2 Å². The van der Waals surface area contributed by atoms with Crippen LogP contribution in [0, 0.1) is 0 Å². The zero-order valence-corrected chi connectivity index (χ0v) is 16.6. The summed E-state index contributed by atoms with van der Waals surface area (Å²) in [6, 6.07) is 7.87. The molecule has 3 rings (SSSR count). The second kappa shape index (κ2) is 7.53. The van der Waals surface area contributed by atoms with E-state index in [0.29, 0.717) is 39.6 Å². The molecular weight excluding hydrogens is 384 g/mol. The van der Waals surface area contributed by atoms with Crippen molar-refractivity contribution in [3.63, 3.8) is 0 Å². The van der Waals surface area contributed by atoms with Crippen molar-refractivity contribution >= 4 is 33.3 Å². The third kappa shape index (κ3) is 3.41. The van der Waals surface area contributed by atoms with Crippen LogP contribution in [0.15, 0.2) is 35.2 Å². The van der Waals surface area contributed by atoms with E-state index in [2.05, 4.69) is 10.0 Å². The maximum Gasteiger partial charge on any atom is 0.256 e. The summed E-state index contributed by atoms with van der Waals surface area (Å²) in [5, 5.41) is 2.73. The molecule has 9 heteroatoms. The molecule has 0 fully saturated rings. The molecule has 2 N–H and O–H groups in total. The first-order valence-corrected chi connectivity index (χ1v) is 9.74. The lowest BCUT2D eigenvalue weighted by Crippen LogP contribution is -2.18. The van der Waals surface area contributed by atoms with E-state index < -0.39 is 10.0 Å². The number of carbonyl (C=O) groups excluding carboxylic acids is 1. The van der Waals surface area contributed by atoms with E-state index in [1.807, 2.05) is 0 Å². The van der Waals surface area contributed by atoms with Crippen LogP contribution in [-0.2, 0) is 14.8 Å². The van der Waals surface area contributed by atoms with Crippen molar-refractivity contribution in [2.24, 2.45) is 0 Å². The van der Waals surface area contributed by atoms with Crippen LogP contribution >= 0.6 is 0 Å². The van der Waals surface area contributed by atoms with Crippen LogP contribution in [0.25, 0.3) is 11.6 Å². The first-order valence-electron chi connectivity index (χ1n) is 8.25. The summed E-state index contributed by atoms with van der Waals surface area (Å²) < 4.78 is 42.4. The average molecular weight is 404 g/mol. The van der Waals surface area contributed by atoms with E-state index in [1.165, 1.54) is 40.5 Å². The molecule has 1 aliphatic rings. The molecule has 0 unspecified atom stereocenters. The van der Waals surface area contributed by atoms with Gasteiger partial charge >= 0.3 is 0 Å². The van der Waals surface area contributed by atoms with Gasteiger partial charge in [0.1, 0.15) is 0 Å². The van der Waals surface area contributed by atoms with Gasteiger partial charge in [-0.2, -0.15) is 0 Å². The highest BCUT2D eigenvalue weighted by Crippen LogP contribution is 2.40. The Labute approximate surface area is 163 Å². The summed E-state index contributed by atoms with van der Waals surface area (Å²) in [7, 11) is 2.20. The Morgan fingerprint density at radius 2 is 1.64 bits per heavy atom. The lowest BCUT2D eigenvalue weighted by atomic mass is 10.0. The fourth-order valence-corrected chi connectivity index (χ4v) is 3.70. The largest absolute Gasteiger partial charge is 0.493 e. The number of carbonyl (C=O) groups is 1. The highest BCUT2D eigenvalue weighted by molar-refractivity contribution is 7.89. The molecule has 2 aromatic carbocycles. The van der Waals surface area contributed by atoms with Gasteiger partial charge in [0.25, 0.3) is 5.91 Å². The van der Waals surface area contributed by atoms with Crippen molar-refractivity contribution in [3.05, 3.63) is 41.5 Å². The third-order valence-corrected chi connectivity index (χ3v) is 5.76. The van der Waals surface area contributed by atoms with Gasteiger partial charge in [0, 0.05) is 16.8 Å². The number of ether oxygens (including phenoxy) is 3. The first-order chi connectivity index (χ1) is 13.3. The Hall–Kier alpha value is -3.04. The van der Waals surface area contributed by atoms with Crippen molar-refractivity contribution in [2.75, 3.05) is 33.7 Å². The van der Waals surface area contributed by atoms with Crippen LogP contribution in [0.2, 0.25) is 0 Å². The highest BCUT2D eigenvalue weighted by Gasteiger charge is 2.26. The monoisotopic (exact) mass is 404 g/mol. The molecule has 148 valence electrons. The van der Waals surface area contributed by atoms with Crippen molar-refractivity contribution in [1.29, 1.82) is 0 Å². The van der Waals surface area contributed by atoms with Gasteiger partial charge in [0.05, 0.1) is 26.2 Å². The Bertz CT molecular complexity index is 1050. The van der Waals surface area contributed by atoms with Gasteiger partial charge in [-0.05, 0) is 49.0 Å². The summed E-state index contributed by atoms with van der Waals surface area (Å²) >= 11 is 0. The van der Waals surface area contributed by atoms with Gasteiger partial charge in [-0.15, -0.1) is 0 Å². The van der Waals surface area contributed by atoms with E-state index in [1.54, 1.807) is 24.3 Å². The van der Waals surface area contributed by atoms with E-state index >= 15 is 0 Å². The molecule has 0 aromatic heterocycles. The second-order valence-electron chi connectivity index (χ2n) is 5.89.